The van der Waals surface area contributed by atoms with Gasteiger partial charge in [-0.2, -0.15) is 0 Å². The van der Waals surface area contributed by atoms with Crippen molar-refractivity contribution in [3.05, 3.63) is 23.1 Å². The molecule has 0 amide bonds. The van der Waals surface area contributed by atoms with E-state index < -0.39 is 0 Å². The Morgan fingerprint density at radius 1 is 1.54 bits per heavy atom. The third-order valence-corrected chi connectivity index (χ3v) is 2.40. The zero-order valence-corrected chi connectivity index (χ0v) is 8.06. The predicted molar refractivity (Wildman–Crippen MR) is 50.3 cm³/mol. The molecule has 13 heavy (non-hydrogen) atoms. The molecule has 0 spiro atoms. The summed E-state index contributed by atoms with van der Waals surface area (Å²) < 4.78 is 13.4. The van der Waals surface area contributed by atoms with Gasteiger partial charge in [0.05, 0.1) is 11.7 Å². The molecule has 2 nitrogen and oxygen atoms in total. The highest BCUT2D eigenvalue weighted by Gasteiger charge is 2.25. The molecule has 1 aliphatic heterocycles. The summed E-state index contributed by atoms with van der Waals surface area (Å²) in [5.74, 6) is 0.808. The summed E-state index contributed by atoms with van der Waals surface area (Å²) in [4.78, 5) is 4.22. The summed E-state index contributed by atoms with van der Waals surface area (Å²) >= 11 is 0. The molecule has 2 rings (SSSR count). The van der Waals surface area contributed by atoms with E-state index in [0.717, 1.165) is 11.4 Å². The number of nitrogens with one attached hydrogen (secondary N) is 1. The highest BCUT2D eigenvalue weighted by molar-refractivity contribution is 5.58. The fourth-order valence-corrected chi connectivity index (χ4v) is 1.57. The van der Waals surface area contributed by atoms with Gasteiger partial charge >= 0.3 is 0 Å². The van der Waals surface area contributed by atoms with Gasteiger partial charge in [-0.1, -0.05) is 13.8 Å². The second-order valence-electron chi connectivity index (χ2n) is 3.81. The van der Waals surface area contributed by atoms with Crippen LogP contribution < -0.4 is 5.32 Å². The van der Waals surface area contributed by atoms with Crippen LogP contribution in [0.4, 0.5) is 10.2 Å². The van der Waals surface area contributed by atoms with Crippen LogP contribution in [-0.2, 0) is 0 Å². The van der Waals surface area contributed by atoms with Gasteiger partial charge in [0.2, 0.25) is 0 Å². The molecule has 1 atom stereocenters. The third kappa shape index (κ3) is 1.19. The van der Waals surface area contributed by atoms with Crippen molar-refractivity contribution in [3.63, 3.8) is 0 Å². The Labute approximate surface area is 77.2 Å². The predicted octanol–water partition coefficient (Wildman–Crippen LogP) is 2.83. The summed E-state index contributed by atoms with van der Waals surface area (Å²) in [5, 5.41) is 3.13. The zero-order chi connectivity index (χ0) is 9.59. The molecule has 70 valence electrons. The topological polar surface area (TPSA) is 24.9 Å². The van der Waals surface area contributed by atoms with E-state index in [1.54, 1.807) is 6.07 Å². The molecule has 0 radical (unpaired) electrons. The fraction of sp³-hybridized carbons (Fsp3) is 0.500. The molecule has 1 N–H and O–H groups in total. The van der Waals surface area contributed by atoms with Crippen molar-refractivity contribution in [3.8, 4) is 0 Å². The van der Waals surface area contributed by atoms with E-state index in [4.69, 9.17) is 0 Å². The first kappa shape index (κ1) is 8.48. The molecule has 1 aromatic heterocycles. The van der Waals surface area contributed by atoms with E-state index in [0.29, 0.717) is 5.69 Å². The van der Waals surface area contributed by atoms with Crippen LogP contribution in [0, 0.1) is 5.82 Å². The van der Waals surface area contributed by atoms with Gasteiger partial charge in [-0.3, -0.25) is 0 Å². The van der Waals surface area contributed by atoms with E-state index in [1.807, 2.05) is 20.8 Å². The van der Waals surface area contributed by atoms with Crippen molar-refractivity contribution in [2.24, 2.45) is 0 Å². The number of rotatable bonds is 1. The van der Waals surface area contributed by atoms with Crippen LogP contribution in [0.3, 0.4) is 0 Å². The van der Waals surface area contributed by atoms with E-state index in [2.05, 4.69) is 10.3 Å². The van der Waals surface area contributed by atoms with Crippen LogP contribution in [0.25, 0.3) is 0 Å². The maximum atomic E-state index is 13.4. The first-order valence-electron chi connectivity index (χ1n) is 4.56. The van der Waals surface area contributed by atoms with Crippen molar-refractivity contribution >= 4 is 5.82 Å². The molecule has 2 heterocycles. The lowest BCUT2D eigenvalue weighted by atomic mass is 9.99. The Balaban J connectivity index is 2.47. The SMILES string of the molecule is CC(C)c1nc2c(cc1F)C(C)N2. The highest BCUT2D eigenvalue weighted by Crippen LogP contribution is 2.35. The summed E-state index contributed by atoms with van der Waals surface area (Å²) in [7, 11) is 0. The van der Waals surface area contributed by atoms with Crippen molar-refractivity contribution < 1.29 is 4.39 Å². The number of halogens is 1. The van der Waals surface area contributed by atoms with Crippen LogP contribution >= 0.6 is 0 Å². The van der Waals surface area contributed by atoms with Gasteiger partial charge in [0, 0.05) is 5.56 Å². The molecular weight excluding hydrogens is 167 g/mol. The first-order valence-corrected chi connectivity index (χ1v) is 4.56. The van der Waals surface area contributed by atoms with Crippen LogP contribution in [0.1, 0.15) is 44.0 Å². The molecule has 1 unspecified atom stereocenters. The largest absolute Gasteiger partial charge is 0.363 e. The lowest BCUT2D eigenvalue weighted by Crippen LogP contribution is -2.22. The Morgan fingerprint density at radius 3 is 2.77 bits per heavy atom. The van der Waals surface area contributed by atoms with Crippen LogP contribution in [-0.4, -0.2) is 4.98 Å². The molecule has 1 aliphatic rings. The van der Waals surface area contributed by atoms with E-state index in [-0.39, 0.29) is 17.8 Å². The van der Waals surface area contributed by atoms with E-state index in [9.17, 15) is 4.39 Å². The molecule has 0 saturated carbocycles. The Bertz CT molecular complexity index is 347. The minimum Gasteiger partial charge on any atom is -0.363 e. The maximum absolute atomic E-state index is 13.4. The Kier molecular flexibility index (Phi) is 1.75. The number of fused-ring (bicyclic) bond motifs is 1. The summed E-state index contributed by atoms with van der Waals surface area (Å²) in [6.07, 6.45) is 0. The van der Waals surface area contributed by atoms with Gasteiger partial charge in [0.15, 0.2) is 0 Å². The Hall–Kier alpha value is -1.12. The fourth-order valence-electron chi connectivity index (χ4n) is 1.57. The second kappa shape index (κ2) is 2.69. The normalized spacial score (nSPS) is 19.3. The number of pyridine rings is 1. The Morgan fingerprint density at radius 2 is 2.23 bits per heavy atom. The van der Waals surface area contributed by atoms with Gasteiger partial charge in [-0.25, -0.2) is 9.37 Å². The summed E-state index contributed by atoms with van der Waals surface area (Å²) in [5.41, 5.74) is 1.54. The number of hydrogen-bond acceptors (Lipinski definition) is 2. The van der Waals surface area contributed by atoms with Crippen LogP contribution in [0.2, 0.25) is 0 Å². The molecule has 0 saturated heterocycles. The molecule has 0 fully saturated rings. The average Bonchev–Trinajstić information content (AvgIpc) is 2.06. The van der Waals surface area contributed by atoms with Crippen molar-refractivity contribution in [2.75, 3.05) is 5.32 Å². The molecule has 0 bridgehead atoms. The molecular formula is C10H13FN2. The maximum Gasteiger partial charge on any atom is 0.145 e. The van der Waals surface area contributed by atoms with E-state index >= 15 is 0 Å². The second-order valence-corrected chi connectivity index (χ2v) is 3.81. The van der Waals surface area contributed by atoms with Crippen LogP contribution in [0.15, 0.2) is 6.07 Å². The van der Waals surface area contributed by atoms with Crippen molar-refractivity contribution in [2.45, 2.75) is 32.7 Å². The first-order chi connectivity index (χ1) is 6.09. The smallest absolute Gasteiger partial charge is 0.145 e. The number of nitrogens with zero attached hydrogens (tertiary/aromatic N) is 1. The summed E-state index contributed by atoms with van der Waals surface area (Å²) in [6, 6.07) is 1.84. The standard InChI is InChI=1S/C10H13FN2/c1-5(2)9-8(11)4-7-6(3)12-10(7)13-9/h4-6H,1-3H3,(H,12,13). The van der Waals surface area contributed by atoms with Crippen molar-refractivity contribution in [1.82, 2.24) is 4.98 Å². The van der Waals surface area contributed by atoms with E-state index in [1.165, 1.54) is 0 Å². The van der Waals surface area contributed by atoms with Gasteiger partial charge in [-0.05, 0) is 18.9 Å². The number of anilines is 1. The molecule has 3 heteroatoms. The van der Waals surface area contributed by atoms with Gasteiger partial charge in [0.25, 0.3) is 0 Å². The zero-order valence-electron chi connectivity index (χ0n) is 8.06. The van der Waals surface area contributed by atoms with Crippen LogP contribution in [0.5, 0.6) is 0 Å². The minimum atomic E-state index is -0.179. The quantitative estimate of drug-likeness (QED) is 0.718. The third-order valence-electron chi connectivity index (χ3n) is 2.40. The van der Waals surface area contributed by atoms with Gasteiger partial charge in [-0.15, -0.1) is 0 Å². The van der Waals surface area contributed by atoms with Gasteiger partial charge in [0.1, 0.15) is 11.6 Å². The van der Waals surface area contributed by atoms with Crippen molar-refractivity contribution in [1.29, 1.82) is 0 Å². The monoisotopic (exact) mass is 180 g/mol. The van der Waals surface area contributed by atoms with Gasteiger partial charge < -0.3 is 5.32 Å². The average molecular weight is 180 g/mol. The molecule has 0 aromatic carbocycles. The molecule has 0 aliphatic carbocycles. The number of aromatic nitrogens is 1. The lowest BCUT2D eigenvalue weighted by molar-refractivity contribution is 0.574. The lowest BCUT2D eigenvalue weighted by Gasteiger charge is -2.29. The molecule has 1 aromatic rings. The minimum absolute atomic E-state index is 0.142. The number of hydrogen-bond donors (Lipinski definition) is 1. The summed E-state index contributed by atoms with van der Waals surface area (Å²) in [6.45, 7) is 5.89. The highest BCUT2D eigenvalue weighted by atomic mass is 19.1.